The second-order valence-electron chi connectivity index (χ2n) is 3.81. The topological polar surface area (TPSA) is 18.5 Å². The van der Waals surface area contributed by atoms with Crippen molar-refractivity contribution in [3.63, 3.8) is 0 Å². The van der Waals surface area contributed by atoms with Crippen LogP contribution in [0.2, 0.25) is 0 Å². The summed E-state index contributed by atoms with van der Waals surface area (Å²) in [7, 11) is 1.54. The quantitative estimate of drug-likeness (QED) is 0.391. The first-order valence-corrected chi connectivity index (χ1v) is 5.56. The Labute approximate surface area is 152 Å². The molecule has 0 spiro atoms. The van der Waals surface area contributed by atoms with Crippen molar-refractivity contribution in [2.24, 2.45) is 0 Å². The summed E-state index contributed by atoms with van der Waals surface area (Å²) < 4.78 is 60.6. The summed E-state index contributed by atoms with van der Waals surface area (Å²) in [5.41, 5.74) is -0.900. The predicted molar refractivity (Wildman–Crippen MR) is 61.7 cm³/mol. The van der Waals surface area contributed by atoms with Gasteiger partial charge in [0.1, 0.15) is 5.82 Å². The second kappa shape index (κ2) is 9.36. The Morgan fingerprint density at radius 2 is 1.74 bits per heavy atom. The number of ether oxygens (including phenoxy) is 2. The zero-order valence-corrected chi connectivity index (χ0v) is 14.1. The maximum Gasteiger partial charge on any atom is 1.00 e. The van der Waals surface area contributed by atoms with E-state index in [0.717, 1.165) is 12.1 Å². The zero-order valence-electron chi connectivity index (χ0n) is 11.0. The average molecular weight is 304 g/mol. The molecule has 0 saturated carbocycles. The molecule has 1 rings (SSSR count). The maximum atomic E-state index is 12.9. The van der Waals surface area contributed by atoms with E-state index in [1.165, 1.54) is 7.11 Å². The van der Waals surface area contributed by atoms with Crippen molar-refractivity contribution in [3.8, 4) is 5.75 Å². The Balaban J connectivity index is 0.00000324. The summed E-state index contributed by atoms with van der Waals surface area (Å²) in [4.78, 5) is 0. The van der Waals surface area contributed by atoms with E-state index in [1.807, 2.05) is 0 Å². The van der Waals surface area contributed by atoms with E-state index in [-0.39, 0.29) is 58.0 Å². The fraction of sp³-hybridized carbons (Fsp3) is 0.455. The smallest absolute Gasteiger partial charge is 0.496 e. The van der Waals surface area contributed by atoms with Gasteiger partial charge in [0.2, 0.25) is 0 Å². The van der Waals surface area contributed by atoms with Gasteiger partial charge in [-0.15, -0.1) is 0 Å². The number of methoxy groups -OCH3 is 1. The van der Waals surface area contributed by atoms with Crippen LogP contribution in [0.4, 0.5) is 17.3 Å². The number of rotatable bonds is 7. The van der Waals surface area contributed by atoms with Gasteiger partial charge >= 0.3 is 58.4 Å². The van der Waals surface area contributed by atoms with Gasteiger partial charge in [0, 0.05) is 19.8 Å². The third-order valence-electron chi connectivity index (χ3n) is 2.33. The van der Waals surface area contributed by atoms with Gasteiger partial charge in [-0.1, -0.05) is 11.5 Å². The predicted octanol–water partition coefficient (Wildman–Crippen LogP) is -0.310. The molecule has 0 fully saturated rings. The van der Waals surface area contributed by atoms with Crippen LogP contribution in [0.1, 0.15) is 12.8 Å². The molecule has 0 radical (unpaired) electrons. The van der Waals surface area contributed by atoms with E-state index in [9.17, 15) is 17.3 Å². The minimum absolute atomic E-state index is 0. The zero-order chi connectivity index (χ0) is 13.6. The molecule has 0 heterocycles. The van der Waals surface area contributed by atoms with E-state index >= 15 is 0 Å². The first-order valence-electron chi connectivity index (χ1n) is 5.56. The summed E-state index contributed by atoms with van der Waals surface area (Å²) in [6.45, 7) is -4.58. The van der Waals surface area contributed by atoms with E-state index in [1.54, 1.807) is 0 Å². The molecule has 0 N–H and O–H groups in total. The van der Waals surface area contributed by atoms with Crippen LogP contribution in [-0.4, -0.2) is 27.3 Å². The van der Waals surface area contributed by atoms with Crippen LogP contribution in [0.5, 0.6) is 5.75 Å². The van der Waals surface area contributed by atoms with Crippen LogP contribution in [0.25, 0.3) is 0 Å². The molecule has 0 bridgehead atoms. The first kappa shape index (κ1) is 19.4. The van der Waals surface area contributed by atoms with Crippen LogP contribution in [-0.2, 0) is 4.74 Å². The van der Waals surface area contributed by atoms with Crippen molar-refractivity contribution < 1.29 is 78.2 Å². The SMILES string of the molecule is COCCCCOc1cc(F)ccc1[B-](F)(F)F.[K+]. The first-order chi connectivity index (χ1) is 8.45. The summed E-state index contributed by atoms with van der Waals surface area (Å²) in [6, 6.07) is 2.25. The average Bonchev–Trinajstić information content (AvgIpc) is 2.27. The fourth-order valence-corrected chi connectivity index (χ4v) is 1.43. The van der Waals surface area contributed by atoms with Gasteiger partial charge in [0.05, 0.1) is 12.4 Å². The summed E-state index contributed by atoms with van der Waals surface area (Å²) in [6.07, 6.45) is 1.23. The van der Waals surface area contributed by atoms with Gasteiger partial charge in [-0.3, -0.25) is 0 Å². The third kappa shape index (κ3) is 7.10. The Morgan fingerprint density at radius 1 is 1.11 bits per heavy atom. The molecule has 19 heavy (non-hydrogen) atoms. The number of benzene rings is 1. The third-order valence-corrected chi connectivity index (χ3v) is 2.33. The van der Waals surface area contributed by atoms with Crippen molar-refractivity contribution in [2.45, 2.75) is 12.8 Å². The molecule has 0 saturated heterocycles. The second-order valence-corrected chi connectivity index (χ2v) is 3.81. The summed E-state index contributed by atoms with van der Waals surface area (Å²) in [5.74, 6) is -1.19. The number of hydrogen-bond donors (Lipinski definition) is 0. The van der Waals surface area contributed by atoms with Crippen molar-refractivity contribution in [1.29, 1.82) is 0 Å². The molecule has 0 aliphatic rings. The molecule has 0 aromatic heterocycles. The minimum atomic E-state index is -5.20. The van der Waals surface area contributed by atoms with E-state index in [2.05, 4.69) is 0 Å². The Hall–Kier alpha value is 0.401. The van der Waals surface area contributed by atoms with E-state index in [0.29, 0.717) is 25.5 Å². The van der Waals surface area contributed by atoms with Crippen LogP contribution in [0.3, 0.4) is 0 Å². The summed E-state index contributed by atoms with van der Waals surface area (Å²) >= 11 is 0. The molecule has 8 heteroatoms. The molecule has 1 aromatic carbocycles. The van der Waals surface area contributed by atoms with Gasteiger partial charge in [-0.05, 0) is 18.9 Å². The molecule has 102 valence electrons. The number of unbranched alkanes of at least 4 members (excludes halogenated alkanes) is 1. The Bertz CT molecular complexity index is 387. The van der Waals surface area contributed by atoms with Crippen LogP contribution >= 0.6 is 0 Å². The van der Waals surface area contributed by atoms with E-state index in [4.69, 9.17) is 9.47 Å². The number of halogens is 4. The van der Waals surface area contributed by atoms with Gasteiger partial charge in [-0.2, -0.15) is 0 Å². The van der Waals surface area contributed by atoms with Crippen molar-refractivity contribution >= 4 is 12.4 Å². The molecule has 0 unspecified atom stereocenters. The van der Waals surface area contributed by atoms with Gasteiger partial charge < -0.3 is 22.4 Å². The van der Waals surface area contributed by atoms with Crippen LogP contribution in [0, 0.1) is 5.82 Å². The molecule has 0 aliphatic heterocycles. The van der Waals surface area contributed by atoms with Gasteiger partial charge in [0.15, 0.2) is 0 Å². The molecule has 0 atom stereocenters. The maximum absolute atomic E-state index is 12.9. The molecular weight excluding hydrogens is 290 g/mol. The van der Waals surface area contributed by atoms with Crippen molar-refractivity contribution in [3.05, 3.63) is 24.0 Å². The monoisotopic (exact) mass is 304 g/mol. The van der Waals surface area contributed by atoms with Crippen molar-refractivity contribution in [2.75, 3.05) is 20.3 Å². The van der Waals surface area contributed by atoms with Gasteiger partial charge in [-0.25, -0.2) is 4.39 Å². The molecule has 1 aromatic rings. The van der Waals surface area contributed by atoms with E-state index < -0.39 is 24.0 Å². The fourth-order valence-electron chi connectivity index (χ4n) is 1.43. The largest absolute Gasteiger partial charge is 1.00 e. The van der Waals surface area contributed by atoms with Crippen LogP contribution < -0.4 is 61.6 Å². The standard InChI is InChI=1S/C11H14BF4O2.K/c1-17-6-2-3-7-18-11-8-9(13)4-5-10(11)12(14,15)16;/h4-5,8H,2-3,6-7H2,1H3;/q-1;+1. The minimum Gasteiger partial charge on any atom is -0.496 e. The Kier molecular flexibility index (Phi) is 9.56. The van der Waals surface area contributed by atoms with Crippen LogP contribution in [0.15, 0.2) is 18.2 Å². The molecular formula is C11H14BF4KO2. The normalized spacial score (nSPS) is 11.0. The van der Waals surface area contributed by atoms with Gasteiger partial charge in [0.25, 0.3) is 0 Å². The molecule has 0 aliphatic carbocycles. The molecule has 0 amide bonds. The van der Waals surface area contributed by atoms with Crippen molar-refractivity contribution in [1.82, 2.24) is 0 Å². The summed E-state index contributed by atoms with van der Waals surface area (Å²) in [5, 5.41) is 0. The number of hydrogen-bond acceptors (Lipinski definition) is 2. The Morgan fingerprint density at radius 3 is 2.32 bits per heavy atom. The molecule has 2 nitrogen and oxygen atoms in total.